The van der Waals surface area contributed by atoms with Crippen molar-refractivity contribution in [2.75, 3.05) is 32.8 Å². The molecule has 1 atom stereocenters. The second kappa shape index (κ2) is 9.86. The number of hydrogen-bond acceptors (Lipinski definition) is 3. The topological polar surface area (TPSA) is 35.5 Å². The summed E-state index contributed by atoms with van der Waals surface area (Å²) in [4.78, 5) is 2.34. The van der Waals surface area contributed by atoms with Gasteiger partial charge in [-0.2, -0.15) is 0 Å². The molecule has 1 unspecified atom stereocenters. The van der Waals surface area contributed by atoms with Crippen LogP contribution in [0.15, 0.2) is 24.3 Å². The van der Waals surface area contributed by atoms with Gasteiger partial charge in [-0.3, -0.25) is 0 Å². The van der Waals surface area contributed by atoms with Crippen molar-refractivity contribution in [2.24, 2.45) is 0 Å². The third kappa shape index (κ3) is 5.99. The molecule has 0 amide bonds. The molecule has 4 heteroatoms. The second-order valence-corrected chi connectivity index (χ2v) is 4.96. The molecular weight excluding hydrogens is 255 g/mol. The molecule has 2 N–H and O–H groups in total. The standard InChI is InChI=1S/C16H27FN2O/c1-3-18-16(14-6-8-15(17)9-7-14)10-12-19(4-2)11-5-13-20/h6-9,16,18,20H,3-5,10-13H2,1-2H3. The number of benzene rings is 1. The van der Waals surface area contributed by atoms with Crippen molar-refractivity contribution < 1.29 is 9.50 Å². The highest BCUT2D eigenvalue weighted by Crippen LogP contribution is 2.17. The monoisotopic (exact) mass is 282 g/mol. The molecule has 0 bridgehead atoms. The van der Waals surface area contributed by atoms with Crippen LogP contribution in [-0.2, 0) is 0 Å². The summed E-state index contributed by atoms with van der Waals surface area (Å²) in [6, 6.07) is 6.99. The molecule has 20 heavy (non-hydrogen) atoms. The molecule has 0 radical (unpaired) electrons. The van der Waals surface area contributed by atoms with Crippen molar-refractivity contribution in [1.29, 1.82) is 0 Å². The van der Waals surface area contributed by atoms with E-state index in [-0.39, 0.29) is 18.5 Å². The van der Waals surface area contributed by atoms with Gasteiger partial charge in [-0.1, -0.05) is 26.0 Å². The van der Waals surface area contributed by atoms with Crippen LogP contribution in [0.25, 0.3) is 0 Å². The molecule has 114 valence electrons. The molecule has 0 fully saturated rings. The van der Waals surface area contributed by atoms with Crippen LogP contribution in [0.3, 0.4) is 0 Å². The molecule has 0 aromatic heterocycles. The van der Waals surface area contributed by atoms with Gasteiger partial charge in [0.05, 0.1) is 0 Å². The van der Waals surface area contributed by atoms with Gasteiger partial charge < -0.3 is 15.3 Å². The van der Waals surface area contributed by atoms with Gasteiger partial charge in [0.15, 0.2) is 0 Å². The van der Waals surface area contributed by atoms with Crippen LogP contribution < -0.4 is 5.32 Å². The van der Waals surface area contributed by atoms with Gasteiger partial charge >= 0.3 is 0 Å². The predicted octanol–water partition coefficient (Wildman–Crippen LogP) is 2.57. The first-order valence-electron chi connectivity index (χ1n) is 7.53. The number of aliphatic hydroxyl groups is 1. The summed E-state index contributed by atoms with van der Waals surface area (Å²) in [5.74, 6) is -0.192. The van der Waals surface area contributed by atoms with E-state index in [2.05, 4.69) is 24.1 Å². The Balaban J connectivity index is 2.55. The zero-order chi connectivity index (χ0) is 14.8. The molecule has 0 aliphatic rings. The molecule has 0 aliphatic heterocycles. The van der Waals surface area contributed by atoms with Crippen molar-refractivity contribution in [3.63, 3.8) is 0 Å². The van der Waals surface area contributed by atoms with Crippen LogP contribution in [0.2, 0.25) is 0 Å². The van der Waals surface area contributed by atoms with E-state index in [4.69, 9.17) is 5.11 Å². The van der Waals surface area contributed by atoms with E-state index in [0.29, 0.717) is 0 Å². The van der Waals surface area contributed by atoms with Gasteiger partial charge in [0.1, 0.15) is 5.82 Å². The second-order valence-electron chi connectivity index (χ2n) is 4.96. The van der Waals surface area contributed by atoms with Crippen LogP contribution >= 0.6 is 0 Å². The Morgan fingerprint density at radius 1 is 1.20 bits per heavy atom. The van der Waals surface area contributed by atoms with Crippen LogP contribution in [0, 0.1) is 5.82 Å². The molecule has 0 spiro atoms. The van der Waals surface area contributed by atoms with E-state index >= 15 is 0 Å². The summed E-state index contributed by atoms with van der Waals surface area (Å²) in [6.45, 7) is 8.25. The van der Waals surface area contributed by atoms with Crippen molar-refractivity contribution in [3.8, 4) is 0 Å². The number of hydrogen-bond donors (Lipinski definition) is 2. The van der Waals surface area contributed by atoms with E-state index in [0.717, 1.165) is 44.6 Å². The lowest BCUT2D eigenvalue weighted by atomic mass is 10.0. The summed E-state index contributed by atoms with van der Waals surface area (Å²) in [5, 5.41) is 12.4. The number of halogens is 1. The average Bonchev–Trinajstić information content (AvgIpc) is 2.47. The molecule has 1 aromatic rings. The lowest BCUT2D eigenvalue weighted by Gasteiger charge is -2.24. The highest BCUT2D eigenvalue weighted by Gasteiger charge is 2.12. The highest BCUT2D eigenvalue weighted by molar-refractivity contribution is 5.19. The Morgan fingerprint density at radius 3 is 2.45 bits per heavy atom. The summed E-state index contributed by atoms with van der Waals surface area (Å²) < 4.78 is 13.0. The molecule has 0 heterocycles. The van der Waals surface area contributed by atoms with Gasteiger partial charge in [-0.15, -0.1) is 0 Å². The SMILES string of the molecule is CCNC(CCN(CC)CCCO)c1ccc(F)cc1. The maximum atomic E-state index is 13.0. The van der Waals surface area contributed by atoms with Crippen LogP contribution in [0.4, 0.5) is 4.39 Å². The summed E-state index contributed by atoms with van der Waals surface area (Å²) >= 11 is 0. The van der Waals surface area contributed by atoms with Gasteiger partial charge in [-0.25, -0.2) is 4.39 Å². The third-order valence-electron chi connectivity index (χ3n) is 3.54. The first kappa shape index (κ1) is 17.1. The number of aliphatic hydroxyl groups excluding tert-OH is 1. The van der Waals surface area contributed by atoms with Crippen LogP contribution in [0.5, 0.6) is 0 Å². The van der Waals surface area contributed by atoms with Crippen molar-refractivity contribution >= 4 is 0 Å². The summed E-state index contributed by atoms with van der Waals surface area (Å²) in [7, 11) is 0. The molecule has 0 saturated carbocycles. The minimum Gasteiger partial charge on any atom is -0.396 e. The maximum absolute atomic E-state index is 13.0. The van der Waals surface area contributed by atoms with Gasteiger partial charge in [0.2, 0.25) is 0 Å². The lowest BCUT2D eigenvalue weighted by molar-refractivity contribution is 0.223. The fourth-order valence-corrected chi connectivity index (χ4v) is 2.36. The summed E-state index contributed by atoms with van der Waals surface area (Å²) in [6.07, 6.45) is 1.80. The van der Waals surface area contributed by atoms with Crippen molar-refractivity contribution in [3.05, 3.63) is 35.6 Å². The van der Waals surface area contributed by atoms with Gasteiger partial charge in [0, 0.05) is 19.2 Å². The minimum atomic E-state index is -0.192. The zero-order valence-electron chi connectivity index (χ0n) is 12.6. The van der Waals surface area contributed by atoms with Gasteiger partial charge in [0.25, 0.3) is 0 Å². The van der Waals surface area contributed by atoms with Gasteiger partial charge in [-0.05, 0) is 50.2 Å². The minimum absolute atomic E-state index is 0.192. The quantitative estimate of drug-likeness (QED) is 0.692. The van der Waals surface area contributed by atoms with E-state index in [9.17, 15) is 4.39 Å². The first-order chi connectivity index (χ1) is 9.71. The molecule has 0 saturated heterocycles. The zero-order valence-corrected chi connectivity index (χ0v) is 12.6. The van der Waals surface area contributed by atoms with Crippen molar-refractivity contribution in [2.45, 2.75) is 32.7 Å². The fraction of sp³-hybridized carbons (Fsp3) is 0.625. The Bertz CT molecular complexity index is 356. The Labute approximate surface area is 121 Å². The van der Waals surface area contributed by atoms with E-state index in [1.807, 2.05) is 12.1 Å². The fourth-order valence-electron chi connectivity index (χ4n) is 2.36. The molecule has 0 aliphatic carbocycles. The Hall–Kier alpha value is -0.970. The van der Waals surface area contributed by atoms with E-state index < -0.39 is 0 Å². The Kier molecular flexibility index (Phi) is 8.42. The number of nitrogens with one attached hydrogen (secondary N) is 1. The smallest absolute Gasteiger partial charge is 0.123 e. The normalized spacial score (nSPS) is 12.8. The molecule has 3 nitrogen and oxygen atoms in total. The first-order valence-corrected chi connectivity index (χ1v) is 7.53. The third-order valence-corrected chi connectivity index (χ3v) is 3.54. The summed E-state index contributed by atoms with van der Waals surface area (Å²) in [5.41, 5.74) is 1.13. The van der Waals surface area contributed by atoms with Crippen molar-refractivity contribution in [1.82, 2.24) is 10.2 Å². The maximum Gasteiger partial charge on any atom is 0.123 e. The average molecular weight is 282 g/mol. The Morgan fingerprint density at radius 2 is 1.90 bits per heavy atom. The lowest BCUT2D eigenvalue weighted by Crippen LogP contribution is -2.30. The van der Waals surface area contributed by atoms with Crippen LogP contribution in [-0.4, -0.2) is 42.8 Å². The predicted molar refractivity (Wildman–Crippen MR) is 81.3 cm³/mol. The molecule has 1 rings (SSSR count). The number of nitrogens with zero attached hydrogens (tertiary/aromatic N) is 1. The molecular formula is C16H27FN2O. The highest BCUT2D eigenvalue weighted by atomic mass is 19.1. The number of rotatable bonds is 10. The largest absolute Gasteiger partial charge is 0.396 e. The van der Waals surface area contributed by atoms with Crippen LogP contribution in [0.1, 0.15) is 38.3 Å². The van der Waals surface area contributed by atoms with E-state index in [1.165, 1.54) is 12.1 Å². The molecule has 1 aromatic carbocycles. The van der Waals surface area contributed by atoms with E-state index in [1.54, 1.807) is 0 Å².